The maximum absolute atomic E-state index is 6.62. The van der Waals surface area contributed by atoms with Crippen LogP contribution in [0.5, 0.6) is 0 Å². The topological polar surface area (TPSA) is 13.1 Å². The summed E-state index contributed by atoms with van der Waals surface area (Å²) in [4.78, 5) is 0. The highest BCUT2D eigenvalue weighted by molar-refractivity contribution is 6.15. The molecule has 4 aromatic carbocycles. The van der Waals surface area contributed by atoms with E-state index in [1.165, 1.54) is 39.0 Å². The van der Waals surface area contributed by atoms with Crippen molar-refractivity contribution in [3.63, 3.8) is 0 Å². The Bertz CT molecular complexity index is 1630. The van der Waals surface area contributed by atoms with Gasteiger partial charge >= 0.3 is 0 Å². The molecule has 0 bridgehead atoms. The fourth-order valence-electron chi connectivity index (χ4n) is 6.25. The SMILES string of the molecule is [C+]1=Cc2c(oc3ccccc23)C2=C1c1ccccc1C21c2ccccc2-c2ccccc21. The van der Waals surface area contributed by atoms with Crippen molar-refractivity contribution >= 4 is 28.2 Å². The molecule has 1 aromatic heterocycles. The standard InChI is InChI=1S/C31H17O/c1-5-13-25-19(9-1)20-10-2-6-14-26(20)31(25)27-15-7-3-11-21(27)23-17-18-24-22-12-4-8-16-28(22)32-30(24)29(23)31/h1-16,18H/q+1. The quantitative estimate of drug-likeness (QED) is 0.243. The van der Waals surface area contributed by atoms with Gasteiger partial charge in [0.15, 0.2) is 5.57 Å². The van der Waals surface area contributed by atoms with Gasteiger partial charge in [-0.05, 0) is 46.5 Å². The van der Waals surface area contributed by atoms with Gasteiger partial charge in [-0.1, -0.05) is 72.8 Å². The lowest BCUT2D eigenvalue weighted by molar-refractivity contribution is 0.588. The average molecular weight is 405 g/mol. The van der Waals surface area contributed by atoms with E-state index in [1.807, 2.05) is 6.07 Å². The third-order valence-electron chi connectivity index (χ3n) is 7.40. The van der Waals surface area contributed by atoms with Crippen LogP contribution in [0.15, 0.2) is 101 Å². The zero-order valence-corrected chi connectivity index (χ0v) is 17.2. The van der Waals surface area contributed by atoms with Gasteiger partial charge in [0, 0.05) is 11.6 Å². The number of fused-ring (bicyclic) bond motifs is 13. The van der Waals surface area contributed by atoms with E-state index in [2.05, 4.69) is 103 Å². The van der Waals surface area contributed by atoms with Crippen LogP contribution in [-0.2, 0) is 5.41 Å². The molecule has 0 radical (unpaired) electrons. The summed E-state index contributed by atoms with van der Waals surface area (Å²) in [5.74, 6) is 0.975. The molecular weight excluding hydrogens is 388 g/mol. The zero-order valence-electron chi connectivity index (χ0n) is 17.2. The number of allylic oxidation sites excluding steroid dienone is 3. The molecule has 8 rings (SSSR count). The molecule has 1 nitrogen and oxygen atoms in total. The summed E-state index contributed by atoms with van der Waals surface area (Å²) in [7, 11) is 0. The Morgan fingerprint density at radius 2 is 1.16 bits per heavy atom. The van der Waals surface area contributed by atoms with Crippen LogP contribution in [0.2, 0.25) is 0 Å². The van der Waals surface area contributed by atoms with Gasteiger partial charge in [0.2, 0.25) is 5.76 Å². The highest BCUT2D eigenvalue weighted by Crippen LogP contribution is 2.65. The van der Waals surface area contributed by atoms with E-state index in [0.29, 0.717) is 0 Å². The van der Waals surface area contributed by atoms with Crippen LogP contribution >= 0.6 is 0 Å². The van der Waals surface area contributed by atoms with Crippen molar-refractivity contribution in [2.24, 2.45) is 0 Å². The Labute approximate surface area is 186 Å². The van der Waals surface area contributed by atoms with E-state index in [4.69, 9.17) is 4.42 Å². The first-order chi connectivity index (χ1) is 15.9. The van der Waals surface area contributed by atoms with Crippen molar-refractivity contribution in [2.75, 3.05) is 0 Å². The first kappa shape index (κ1) is 16.5. The van der Waals surface area contributed by atoms with Crippen LogP contribution in [0.1, 0.15) is 33.6 Å². The lowest BCUT2D eigenvalue weighted by atomic mass is 9.68. The molecule has 0 saturated carbocycles. The molecule has 0 saturated heterocycles. The number of hydrogen-bond donors (Lipinski definition) is 0. The molecule has 5 aromatic rings. The number of furan rings is 1. The molecule has 1 heteroatoms. The summed E-state index contributed by atoms with van der Waals surface area (Å²) in [6.45, 7) is 0. The van der Waals surface area contributed by atoms with E-state index in [1.54, 1.807) is 0 Å². The Hall–Kier alpha value is -4.19. The van der Waals surface area contributed by atoms with Gasteiger partial charge in [-0.2, -0.15) is 0 Å². The van der Waals surface area contributed by atoms with E-state index in [9.17, 15) is 0 Å². The minimum atomic E-state index is -0.400. The van der Waals surface area contributed by atoms with Crippen LogP contribution in [-0.4, -0.2) is 0 Å². The van der Waals surface area contributed by atoms with Crippen LogP contribution in [0.4, 0.5) is 0 Å². The Morgan fingerprint density at radius 3 is 1.88 bits per heavy atom. The van der Waals surface area contributed by atoms with Gasteiger partial charge in [-0.15, -0.1) is 0 Å². The van der Waals surface area contributed by atoms with Crippen LogP contribution in [0, 0.1) is 6.08 Å². The summed E-state index contributed by atoms with van der Waals surface area (Å²) in [5.41, 5.74) is 11.9. The molecule has 32 heavy (non-hydrogen) atoms. The summed E-state index contributed by atoms with van der Waals surface area (Å²) in [5, 5.41) is 1.15. The third kappa shape index (κ3) is 1.70. The molecule has 0 N–H and O–H groups in total. The lowest BCUT2D eigenvalue weighted by Gasteiger charge is -2.28. The highest BCUT2D eigenvalue weighted by Gasteiger charge is 2.60. The number of hydrogen-bond acceptors (Lipinski definition) is 1. The molecule has 0 unspecified atom stereocenters. The van der Waals surface area contributed by atoms with Crippen molar-refractivity contribution in [1.82, 2.24) is 0 Å². The van der Waals surface area contributed by atoms with Gasteiger partial charge in [0.1, 0.15) is 22.1 Å². The second-order valence-electron chi connectivity index (χ2n) is 8.77. The Morgan fingerprint density at radius 1 is 0.594 bits per heavy atom. The minimum Gasteiger partial charge on any atom is -0.436 e. The van der Waals surface area contributed by atoms with Crippen LogP contribution in [0.25, 0.3) is 39.3 Å². The Balaban J connectivity index is 1.60. The molecule has 3 aliphatic carbocycles. The molecule has 0 amide bonds. The normalized spacial score (nSPS) is 15.9. The van der Waals surface area contributed by atoms with Gasteiger partial charge in [0.25, 0.3) is 0 Å². The first-order valence-corrected chi connectivity index (χ1v) is 11.0. The monoisotopic (exact) mass is 405 g/mol. The molecule has 1 spiro atoms. The minimum absolute atomic E-state index is 0.400. The maximum atomic E-state index is 6.62. The maximum Gasteiger partial charge on any atom is 0.225 e. The van der Waals surface area contributed by atoms with Crippen LogP contribution in [0.3, 0.4) is 0 Å². The molecule has 3 aliphatic rings. The van der Waals surface area contributed by atoms with Crippen molar-refractivity contribution in [2.45, 2.75) is 5.41 Å². The van der Waals surface area contributed by atoms with Crippen molar-refractivity contribution in [1.29, 1.82) is 0 Å². The molecular formula is C31H17O+. The number of rotatable bonds is 0. The summed E-state index contributed by atoms with van der Waals surface area (Å²) >= 11 is 0. The number of para-hydroxylation sites is 1. The van der Waals surface area contributed by atoms with E-state index < -0.39 is 5.41 Å². The van der Waals surface area contributed by atoms with Gasteiger partial charge in [-0.25, -0.2) is 0 Å². The van der Waals surface area contributed by atoms with Gasteiger partial charge < -0.3 is 4.42 Å². The predicted molar refractivity (Wildman–Crippen MR) is 129 cm³/mol. The zero-order chi connectivity index (χ0) is 20.9. The number of benzene rings is 4. The Kier molecular flexibility index (Phi) is 2.85. The first-order valence-electron chi connectivity index (χ1n) is 11.0. The smallest absolute Gasteiger partial charge is 0.225 e. The van der Waals surface area contributed by atoms with E-state index in [-0.39, 0.29) is 0 Å². The summed E-state index contributed by atoms with van der Waals surface area (Å²) in [6, 6.07) is 34.8. The summed E-state index contributed by atoms with van der Waals surface area (Å²) in [6.07, 6.45) is 5.79. The molecule has 0 atom stereocenters. The lowest BCUT2D eigenvalue weighted by Crippen LogP contribution is -2.27. The molecule has 146 valence electrons. The van der Waals surface area contributed by atoms with Crippen molar-refractivity contribution < 1.29 is 4.42 Å². The second kappa shape index (κ2) is 5.53. The largest absolute Gasteiger partial charge is 0.436 e. The fraction of sp³-hybridized carbons (Fsp3) is 0.0323. The molecule has 0 fully saturated rings. The second-order valence-corrected chi connectivity index (χ2v) is 8.77. The summed E-state index contributed by atoms with van der Waals surface area (Å²) < 4.78 is 6.62. The molecule has 0 aliphatic heterocycles. The van der Waals surface area contributed by atoms with Gasteiger partial charge in [0.05, 0.1) is 17.0 Å². The fourth-order valence-corrected chi connectivity index (χ4v) is 6.25. The van der Waals surface area contributed by atoms with Gasteiger partial charge in [-0.3, -0.25) is 0 Å². The highest BCUT2D eigenvalue weighted by atomic mass is 16.3. The van der Waals surface area contributed by atoms with E-state index >= 15 is 0 Å². The van der Waals surface area contributed by atoms with Crippen molar-refractivity contribution in [3.8, 4) is 11.1 Å². The predicted octanol–water partition coefficient (Wildman–Crippen LogP) is 7.50. The van der Waals surface area contributed by atoms with Crippen LogP contribution < -0.4 is 0 Å². The van der Waals surface area contributed by atoms with E-state index in [0.717, 1.165) is 27.9 Å². The van der Waals surface area contributed by atoms with Crippen molar-refractivity contribution in [3.05, 3.63) is 137 Å². The molecule has 1 heterocycles. The third-order valence-corrected chi connectivity index (χ3v) is 7.40. The average Bonchev–Trinajstić information content (AvgIpc) is 3.48.